The average Bonchev–Trinajstić information content (AvgIpc) is 3.49. The molecule has 3 aliphatic rings. The van der Waals surface area contributed by atoms with Gasteiger partial charge in [0.2, 0.25) is 0 Å². The molecule has 6 rings (SSSR count). The molecule has 1 fully saturated rings. The van der Waals surface area contributed by atoms with E-state index in [2.05, 4.69) is 108 Å². The molecular weight excluding hydrogens is 482 g/mol. The minimum absolute atomic E-state index is 0. The average molecular weight is 532 g/mol. The van der Waals surface area contributed by atoms with Gasteiger partial charge in [0, 0.05) is 51.5 Å². The van der Waals surface area contributed by atoms with Gasteiger partial charge in [-0.2, -0.15) is 0 Å². The minimum atomic E-state index is 0. The summed E-state index contributed by atoms with van der Waals surface area (Å²) in [6.07, 6.45) is 8.46. The third-order valence-corrected chi connectivity index (χ3v) is 6.90. The number of fused-ring (bicyclic) bond motifs is 2. The van der Waals surface area contributed by atoms with Crippen molar-refractivity contribution in [3.63, 3.8) is 0 Å². The van der Waals surface area contributed by atoms with Gasteiger partial charge in [0.05, 0.1) is 23.1 Å². The van der Waals surface area contributed by atoms with Crippen LogP contribution in [0.3, 0.4) is 0 Å². The second kappa shape index (κ2) is 14.7. The number of likely N-dealkylation sites (N-methyl/N-ethyl adjacent to an activating group) is 2. The number of benzene rings is 2. The van der Waals surface area contributed by atoms with Gasteiger partial charge < -0.3 is 25.0 Å². The maximum absolute atomic E-state index is 4.77. The first-order valence-electron chi connectivity index (χ1n) is 13.1. The number of aliphatic imine (C=N–C) groups is 1. The van der Waals surface area contributed by atoms with Crippen LogP contribution < -0.4 is 10.2 Å². The molecule has 1 saturated heterocycles. The number of amidine groups is 1. The normalized spacial score (nSPS) is 19.7. The molecule has 39 heavy (non-hydrogen) atoms. The van der Waals surface area contributed by atoms with E-state index in [9.17, 15) is 0 Å². The van der Waals surface area contributed by atoms with E-state index in [4.69, 9.17) is 4.99 Å². The van der Waals surface area contributed by atoms with Crippen LogP contribution in [0, 0.1) is 13.8 Å². The van der Waals surface area contributed by atoms with Gasteiger partial charge in [-0.05, 0) is 63.8 Å². The van der Waals surface area contributed by atoms with Crippen LogP contribution in [0.5, 0.6) is 0 Å². The Morgan fingerprint density at radius 3 is 2.10 bits per heavy atom. The monoisotopic (exact) mass is 531 g/mol. The number of imidazole rings is 1. The van der Waals surface area contributed by atoms with Gasteiger partial charge in [-0.3, -0.25) is 4.99 Å². The molecule has 0 saturated carbocycles. The van der Waals surface area contributed by atoms with Gasteiger partial charge in [-0.25, -0.2) is 4.98 Å². The smallest absolute Gasteiger partial charge is 0.129 e. The molecule has 7 nitrogen and oxygen atoms in total. The molecule has 3 aromatic rings. The van der Waals surface area contributed by atoms with E-state index < -0.39 is 0 Å². The van der Waals surface area contributed by atoms with Crippen molar-refractivity contribution >= 4 is 22.6 Å². The molecule has 2 aromatic carbocycles. The summed E-state index contributed by atoms with van der Waals surface area (Å²) < 4.78 is 0. The topological polar surface area (TPSA) is 62.8 Å². The van der Waals surface area contributed by atoms with E-state index >= 15 is 0 Å². The van der Waals surface area contributed by atoms with Crippen LogP contribution in [0.1, 0.15) is 31.8 Å². The van der Waals surface area contributed by atoms with Crippen LogP contribution in [0.2, 0.25) is 0 Å². The summed E-state index contributed by atoms with van der Waals surface area (Å²) in [6.45, 7) is 9.03. The van der Waals surface area contributed by atoms with E-state index in [0.29, 0.717) is 6.04 Å². The van der Waals surface area contributed by atoms with E-state index in [0.717, 1.165) is 22.7 Å². The fraction of sp³-hybridized carbons (Fsp3) is 0.438. The van der Waals surface area contributed by atoms with Crippen molar-refractivity contribution < 1.29 is 0 Å². The standard InChI is InChI=1S/C16H19N3.C8H8N2.C6H14N2.2CH4/c1-11-10-12(19(2)3)8-9-13(11)16-17-14-6-4-5-7-15(14)18-16;1-6-9-7-4-2-3-5-8(7)10-6;1-7-3-5-8(2)6-4-7;;/h4-10,14-15H,1-3H3,(H,17,18);2-5H,1H3,(H,9,10);3-6H2,1-2H3;2*1H4. The highest BCUT2D eigenvalue weighted by molar-refractivity contribution is 6.02. The van der Waals surface area contributed by atoms with Gasteiger partial charge in [0.25, 0.3) is 0 Å². The van der Waals surface area contributed by atoms with Crippen LogP contribution in [0.25, 0.3) is 11.0 Å². The van der Waals surface area contributed by atoms with Crippen molar-refractivity contribution in [3.05, 3.63) is 83.7 Å². The van der Waals surface area contributed by atoms with E-state index in [1.54, 1.807) is 0 Å². The van der Waals surface area contributed by atoms with Crippen molar-refractivity contribution in [2.45, 2.75) is 40.8 Å². The van der Waals surface area contributed by atoms with Crippen molar-refractivity contribution in [2.75, 3.05) is 59.3 Å². The SMILES string of the molecule is C.C.CN1CCN(C)CC1.Cc1cc(N(C)C)ccc1C1=NC2C=CC=CC2N1.Cc1nc2ccccc2[nH]1. The summed E-state index contributed by atoms with van der Waals surface area (Å²) in [7, 11) is 8.47. The molecule has 0 bridgehead atoms. The van der Waals surface area contributed by atoms with Crippen molar-refractivity contribution in [2.24, 2.45) is 4.99 Å². The zero-order chi connectivity index (χ0) is 26.4. The zero-order valence-electron chi connectivity index (χ0n) is 23.1. The molecule has 0 radical (unpaired) electrons. The lowest BCUT2D eigenvalue weighted by Gasteiger charge is -2.28. The number of allylic oxidation sites excluding steroid dienone is 2. The van der Waals surface area contributed by atoms with E-state index in [1.165, 1.54) is 43.0 Å². The number of H-pyrrole nitrogens is 1. The van der Waals surface area contributed by atoms with Crippen LogP contribution in [-0.4, -0.2) is 92.1 Å². The van der Waals surface area contributed by atoms with Crippen molar-refractivity contribution in [1.82, 2.24) is 25.1 Å². The number of hydrogen-bond donors (Lipinski definition) is 2. The van der Waals surface area contributed by atoms with Gasteiger partial charge in [-0.15, -0.1) is 0 Å². The van der Waals surface area contributed by atoms with Crippen LogP contribution in [0.15, 0.2) is 71.8 Å². The Hall–Kier alpha value is -3.42. The Bertz CT molecular complexity index is 1220. The number of piperazine rings is 1. The summed E-state index contributed by atoms with van der Waals surface area (Å²) in [6, 6.07) is 15.1. The van der Waals surface area contributed by atoms with Crippen LogP contribution in [0.4, 0.5) is 5.69 Å². The Morgan fingerprint density at radius 1 is 0.872 bits per heavy atom. The first-order valence-corrected chi connectivity index (χ1v) is 13.1. The summed E-state index contributed by atoms with van der Waals surface area (Å²) >= 11 is 0. The van der Waals surface area contributed by atoms with Gasteiger partial charge in [-0.1, -0.05) is 51.3 Å². The van der Waals surface area contributed by atoms with E-state index in [-0.39, 0.29) is 20.9 Å². The van der Waals surface area contributed by atoms with Gasteiger partial charge >= 0.3 is 0 Å². The first kappa shape index (κ1) is 31.8. The molecule has 1 aromatic heterocycles. The molecule has 3 heterocycles. The lowest BCUT2D eigenvalue weighted by Crippen LogP contribution is -2.42. The lowest BCUT2D eigenvalue weighted by atomic mass is 10.0. The predicted octanol–water partition coefficient (Wildman–Crippen LogP) is 5.28. The number of aryl methyl sites for hydroxylation is 2. The number of aromatic amines is 1. The highest BCUT2D eigenvalue weighted by Crippen LogP contribution is 2.22. The third kappa shape index (κ3) is 8.53. The highest BCUT2D eigenvalue weighted by atomic mass is 15.2. The fourth-order valence-corrected chi connectivity index (χ4v) is 4.52. The molecule has 2 N–H and O–H groups in total. The quantitative estimate of drug-likeness (QED) is 0.471. The zero-order valence-corrected chi connectivity index (χ0v) is 23.1. The minimum Gasteiger partial charge on any atom is -0.378 e. The molecule has 2 aliphatic heterocycles. The Morgan fingerprint density at radius 2 is 1.51 bits per heavy atom. The summed E-state index contributed by atoms with van der Waals surface area (Å²) in [4.78, 5) is 19.0. The molecule has 1 aliphatic carbocycles. The fourth-order valence-electron chi connectivity index (χ4n) is 4.52. The molecule has 0 spiro atoms. The van der Waals surface area contributed by atoms with Gasteiger partial charge in [0.1, 0.15) is 11.7 Å². The Balaban J connectivity index is 0.000000225. The molecular formula is C32H49N7. The third-order valence-electron chi connectivity index (χ3n) is 6.90. The molecule has 0 amide bonds. The molecule has 212 valence electrons. The number of para-hydroxylation sites is 2. The number of hydrogen-bond acceptors (Lipinski definition) is 6. The number of nitrogens with zero attached hydrogens (tertiary/aromatic N) is 5. The number of nitrogens with one attached hydrogen (secondary N) is 2. The maximum Gasteiger partial charge on any atom is 0.129 e. The Kier molecular flexibility index (Phi) is 11.9. The molecule has 2 unspecified atom stereocenters. The lowest BCUT2D eigenvalue weighted by molar-refractivity contribution is 0.181. The van der Waals surface area contributed by atoms with Gasteiger partial charge in [0.15, 0.2) is 0 Å². The van der Waals surface area contributed by atoms with Crippen LogP contribution >= 0.6 is 0 Å². The second-order valence-electron chi connectivity index (χ2n) is 10.2. The largest absolute Gasteiger partial charge is 0.378 e. The first-order chi connectivity index (χ1) is 17.8. The summed E-state index contributed by atoms with van der Waals surface area (Å²) in [5.41, 5.74) is 5.82. The van der Waals surface area contributed by atoms with E-state index in [1.807, 2.05) is 31.2 Å². The Labute approximate surface area is 236 Å². The van der Waals surface area contributed by atoms with Crippen LogP contribution in [-0.2, 0) is 0 Å². The number of rotatable bonds is 2. The molecule has 7 heteroatoms. The molecule has 2 atom stereocenters. The van der Waals surface area contributed by atoms with Crippen molar-refractivity contribution in [3.8, 4) is 0 Å². The highest BCUT2D eigenvalue weighted by Gasteiger charge is 2.26. The summed E-state index contributed by atoms with van der Waals surface area (Å²) in [5.74, 6) is 1.98. The second-order valence-corrected chi connectivity index (χ2v) is 10.2. The van der Waals surface area contributed by atoms with Crippen molar-refractivity contribution in [1.29, 1.82) is 0 Å². The number of anilines is 1. The maximum atomic E-state index is 4.77. The summed E-state index contributed by atoms with van der Waals surface area (Å²) in [5, 5.41) is 3.50. The number of aromatic nitrogens is 2. The predicted molar refractivity (Wildman–Crippen MR) is 170 cm³/mol.